The van der Waals surface area contributed by atoms with Crippen LogP contribution in [0.25, 0.3) is 5.69 Å². The Bertz CT molecular complexity index is 866. The van der Waals surface area contributed by atoms with Crippen molar-refractivity contribution in [1.29, 1.82) is 0 Å². The number of thioether (sulfide) groups is 1. The Morgan fingerprint density at radius 1 is 1.12 bits per heavy atom. The van der Waals surface area contributed by atoms with Gasteiger partial charge in [-0.1, -0.05) is 48.0 Å². The van der Waals surface area contributed by atoms with E-state index in [9.17, 15) is 4.79 Å². The number of nitrogens with zero attached hydrogens (tertiary/aromatic N) is 2. The number of rotatable bonds is 7. The van der Waals surface area contributed by atoms with Gasteiger partial charge >= 0.3 is 0 Å². The van der Waals surface area contributed by atoms with Crippen molar-refractivity contribution in [3.05, 3.63) is 77.1 Å². The summed E-state index contributed by atoms with van der Waals surface area (Å²) in [6, 6.07) is 19.8. The summed E-state index contributed by atoms with van der Waals surface area (Å²) in [6.45, 7) is 2.40. The summed E-state index contributed by atoms with van der Waals surface area (Å²) in [5, 5.41) is 7.68. The standard InChI is InChI=1S/C20H20ClN3OS/c1-15-18(19(21)24(23-15)16-9-4-2-5-10-16)20(25)22-13-8-14-26-17-11-6-3-7-12-17/h2-7,9-12H,8,13-14H2,1H3,(H,22,25). The maximum Gasteiger partial charge on any atom is 0.256 e. The predicted octanol–water partition coefficient (Wildman–Crippen LogP) is 4.75. The van der Waals surface area contributed by atoms with Gasteiger partial charge in [0.15, 0.2) is 0 Å². The van der Waals surface area contributed by atoms with Gasteiger partial charge in [-0.3, -0.25) is 4.79 Å². The molecule has 1 N–H and O–H groups in total. The van der Waals surface area contributed by atoms with Crippen LogP contribution in [0.1, 0.15) is 22.5 Å². The number of hydrogen-bond acceptors (Lipinski definition) is 3. The Labute approximate surface area is 162 Å². The van der Waals surface area contributed by atoms with Crippen molar-refractivity contribution in [1.82, 2.24) is 15.1 Å². The first kappa shape index (κ1) is 18.5. The molecule has 3 rings (SSSR count). The van der Waals surface area contributed by atoms with E-state index in [4.69, 9.17) is 11.6 Å². The molecule has 0 aliphatic rings. The average Bonchev–Trinajstić information content (AvgIpc) is 2.97. The molecule has 2 aromatic carbocycles. The lowest BCUT2D eigenvalue weighted by Crippen LogP contribution is -2.25. The van der Waals surface area contributed by atoms with Gasteiger partial charge in [0.05, 0.1) is 16.9 Å². The van der Waals surface area contributed by atoms with E-state index in [1.165, 1.54) is 4.90 Å². The summed E-state index contributed by atoms with van der Waals surface area (Å²) >= 11 is 8.20. The van der Waals surface area contributed by atoms with Gasteiger partial charge in [0.25, 0.3) is 5.91 Å². The van der Waals surface area contributed by atoms with Gasteiger partial charge in [0.2, 0.25) is 0 Å². The molecular weight excluding hydrogens is 366 g/mol. The molecule has 0 aliphatic carbocycles. The maximum atomic E-state index is 12.5. The zero-order valence-electron chi connectivity index (χ0n) is 14.5. The van der Waals surface area contributed by atoms with Crippen LogP contribution in [0.15, 0.2) is 65.6 Å². The normalized spacial score (nSPS) is 10.7. The minimum Gasteiger partial charge on any atom is -0.352 e. The maximum absolute atomic E-state index is 12.5. The van der Waals surface area contributed by atoms with Gasteiger partial charge in [0, 0.05) is 11.4 Å². The van der Waals surface area contributed by atoms with Crippen molar-refractivity contribution < 1.29 is 4.79 Å². The molecular formula is C20H20ClN3OS. The van der Waals surface area contributed by atoms with E-state index < -0.39 is 0 Å². The van der Waals surface area contributed by atoms with E-state index in [2.05, 4.69) is 22.5 Å². The minimum atomic E-state index is -0.181. The summed E-state index contributed by atoms with van der Waals surface area (Å²) in [4.78, 5) is 13.7. The van der Waals surface area contributed by atoms with Gasteiger partial charge in [-0.25, -0.2) is 4.68 Å². The van der Waals surface area contributed by atoms with Crippen LogP contribution in [-0.2, 0) is 0 Å². The fourth-order valence-corrected chi connectivity index (χ4v) is 3.80. The van der Waals surface area contributed by atoms with Crippen LogP contribution in [0.3, 0.4) is 0 Å². The summed E-state index contributed by atoms with van der Waals surface area (Å²) in [7, 11) is 0. The van der Waals surface area contributed by atoms with Gasteiger partial charge in [-0.05, 0) is 43.4 Å². The third-order valence-electron chi connectivity index (χ3n) is 3.85. The molecule has 0 aliphatic heterocycles. The lowest BCUT2D eigenvalue weighted by Gasteiger charge is -2.06. The molecule has 134 valence electrons. The number of nitrogens with one attached hydrogen (secondary N) is 1. The molecule has 0 saturated carbocycles. The third kappa shape index (κ3) is 4.48. The second-order valence-electron chi connectivity index (χ2n) is 5.77. The molecule has 0 atom stereocenters. The zero-order valence-corrected chi connectivity index (χ0v) is 16.1. The second-order valence-corrected chi connectivity index (χ2v) is 7.30. The van der Waals surface area contributed by atoms with Crippen LogP contribution in [0.2, 0.25) is 5.15 Å². The van der Waals surface area contributed by atoms with Crippen LogP contribution in [-0.4, -0.2) is 28.0 Å². The highest BCUT2D eigenvalue weighted by molar-refractivity contribution is 7.99. The van der Waals surface area contributed by atoms with Crippen LogP contribution in [0.5, 0.6) is 0 Å². The second kappa shape index (κ2) is 8.92. The molecule has 0 spiro atoms. The number of aromatic nitrogens is 2. The Hall–Kier alpha value is -2.24. The van der Waals surface area contributed by atoms with Gasteiger partial charge in [-0.2, -0.15) is 5.10 Å². The van der Waals surface area contributed by atoms with Crippen molar-refractivity contribution >= 4 is 29.3 Å². The molecule has 6 heteroatoms. The van der Waals surface area contributed by atoms with Crippen molar-refractivity contribution in [2.24, 2.45) is 0 Å². The minimum absolute atomic E-state index is 0.181. The number of amides is 1. The quantitative estimate of drug-likeness (QED) is 0.471. The van der Waals surface area contributed by atoms with Crippen molar-refractivity contribution in [2.75, 3.05) is 12.3 Å². The average molecular weight is 386 g/mol. The fourth-order valence-electron chi connectivity index (χ4n) is 2.57. The van der Waals surface area contributed by atoms with E-state index in [0.29, 0.717) is 23.0 Å². The van der Waals surface area contributed by atoms with E-state index in [1.807, 2.05) is 48.5 Å². The van der Waals surface area contributed by atoms with Gasteiger partial charge < -0.3 is 5.32 Å². The Morgan fingerprint density at radius 3 is 2.46 bits per heavy atom. The lowest BCUT2D eigenvalue weighted by molar-refractivity contribution is 0.0953. The van der Waals surface area contributed by atoms with Crippen LogP contribution >= 0.6 is 23.4 Å². The molecule has 0 unspecified atom stereocenters. The lowest BCUT2D eigenvalue weighted by atomic mass is 10.2. The molecule has 0 bridgehead atoms. The number of carbonyl (C=O) groups excluding carboxylic acids is 1. The molecule has 0 radical (unpaired) electrons. The summed E-state index contributed by atoms with van der Waals surface area (Å²) < 4.78 is 1.59. The predicted molar refractivity (Wildman–Crippen MR) is 107 cm³/mol. The van der Waals surface area contributed by atoms with E-state index in [0.717, 1.165) is 17.9 Å². The topological polar surface area (TPSA) is 46.9 Å². The number of carbonyl (C=O) groups is 1. The number of aryl methyl sites for hydroxylation is 1. The van der Waals surface area contributed by atoms with Gasteiger partial charge in [0.1, 0.15) is 5.15 Å². The molecule has 3 aromatic rings. The molecule has 0 saturated heterocycles. The highest BCUT2D eigenvalue weighted by Gasteiger charge is 2.20. The SMILES string of the molecule is Cc1nn(-c2ccccc2)c(Cl)c1C(=O)NCCCSc1ccccc1. The molecule has 1 amide bonds. The highest BCUT2D eigenvalue weighted by Crippen LogP contribution is 2.23. The van der Waals surface area contributed by atoms with Crippen molar-refractivity contribution in [3.8, 4) is 5.69 Å². The molecule has 1 aromatic heterocycles. The van der Waals surface area contributed by atoms with Crippen molar-refractivity contribution in [2.45, 2.75) is 18.2 Å². The first-order valence-corrected chi connectivity index (χ1v) is 9.80. The zero-order chi connectivity index (χ0) is 18.4. The molecule has 1 heterocycles. The molecule has 26 heavy (non-hydrogen) atoms. The van der Waals surface area contributed by atoms with E-state index in [-0.39, 0.29) is 5.91 Å². The van der Waals surface area contributed by atoms with E-state index in [1.54, 1.807) is 23.4 Å². The van der Waals surface area contributed by atoms with Crippen LogP contribution < -0.4 is 5.32 Å². The van der Waals surface area contributed by atoms with Gasteiger partial charge in [-0.15, -0.1) is 11.8 Å². The number of benzene rings is 2. The summed E-state index contributed by atoms with van der Waals surface area (Å²) in [5.74, 6) is 0.764. The van der Waals surface area contributed by atoms with Crippen molar-refractivity contribution in [3.63, 3.8) is 0 Å². The third-order valence-corrected chi connectivity index (χ3v) is 5.30. The Balaban J connectivity index is 1.56. The largest absolute Gasteiger partial charge is 0.352 e. The first-order chi connectivity index (χ1) is 12.7. The smallest absolute Gasteiger partial charge is 0.256 e. The molecule has 0 fully saturated rings. The first-order valence-electron chi connectivity index (χ1n) is 8.43. The Morgan fingerprint density at radius 2 is 1.77 bits per heavy atom. The Kier molecular flexibility index (Phi) is 6.36. The monoisotopic (exact) mass is 385 g/mol. The number of halogens is 1. The number of hydrogen-bond donors (Lipinski definition) is 1. The molecule has 4 nitrogen and oxygen atoms in total. The summed E-state index contributed by atoms with van der Waals surface area (Å²) in [6.07, 6.45) is 0.884. The van der Waals surface area contributed by atoms with Crippen LogP contribution in [0.4, 0.5) is 0 Å². The highest BCUT2D eigenvalue weighted by atomic mass is 35.5. The van der Waals surface area contributed by atoms with E-state index >= 15 is 0 Å². The number of para-hydroxylation sites is 1. The summed E-state index contributed by atoms with van der Waals surface area (Å²) in [5.41, 5.74) is 1.89. The fraction of sp³-hybridized carbons (Fsp3) is 0.200. The van der Waals surface area contributed by atoms with Crippen LogP contribution in [0, 0.1) is 6.92 Å².